The van der Waals surface area contributed by atoms with Gasteiger partial charge in [-0.2, -0.15) is 0 Å². The smallest absolute Gasteiger partial charge is 0.161 e. The summed E-state index contributed by atoms with van der Waals surface area (Å²) in [6, 6.07) is 5.74. The van der Waals surface area contributed by atoms with Gasteiger partial charge in [0.15, 0.2) is 11.5 Å². The summed E-state index contributed by atoms with van der Waals surface area (Å²) < 4.78 is 11.2. The Morgan fingerprint density at radius 3 is 2.64 bits per heavy atom. The molecule has 1 aliphatic heterocycles. The van der Waals surface area contributed by atoms with Crippen LogP contribution in [0.15, 0.2) is 18.2 Å². The Morgan fingerprint density at radius 2 is 1.95 bits per heavy atom. The van der Waals surface area contributed by atoms with Crippen molar-refractivity contribution in [2.45, 2.75) is 39.7 Å². The lowest BCUT2D eigenvalue weighted by Gasteiger charge is -2.32. The van der Waals surface area contributed by atoms with Gasteiger partial charge in [-0.15, -0.1) is 0 Å². The molecule has 0 radical (unpaired) electrons. The summed E-state index contributed by atoms with van der Waals surface area (Å²) in [4.78, 5) is 2.36. The number of β-amino-alcohol motifs (C(OH)–C–C–N with tert-alkyl or cyclic N) is 1. The molecule has 2 rings (SSSR count). The van der Waals surface area contributed by atoms with Crippen LogP contribution in [0, 0.1) is 5.92 Å². The summed E-state index contributed by atoms with van der Waals surface area (Å²) in [5.41, 5.74) is 0.894. The second-order valence-electron chi connectivity index (χ2n) is 6.09. The van der Waals surface area contributed by atoms with Crippen molar-refractivity contribution in [3.63, 3.8) is 0 Å². The molecule has 0 bridgehead atoms. The number of rotatable bonds is 7. The maximum absolute atomic E-state index is 10.5. The molecule has 4 heteroatoms. The van der Waals surface area contributed by atoms with Gasteiger partial charge in [0.1, 0.15) is 0 Å². The number of hydrogen-bond acceptors (Lipinski definition) is 4. The molecule has 22 heavy (non-hydrogen) atoms. The molecular weight excluding hydrogens is 278 g/mol. The molecule has 0 saturated carbocycles. The van der Waals surface area contributed by atoms with Crippen molar-refractivity contribution < 1.29 is 14.6 Å². The van der Waals surface area contributed by atoms with Crippen LogP contribution >= 0.6 is 0 Å². The average Bonchev–Trinajstić information content (AvgIpc) is 2.49. The predicted molar refractivity (Wildman–Crippen MR) is 88.6 cm³/mol. The quantitative estimate of drug-likeness (QED) is 0.839. The van der Waals surface area contributed by atoms with Gasteiger partial charge in [0.25, 0.3) is 0 Å². The highest BCUT2D eigenvalue weighted by Crippen LogP contribution is 2.31. The second kappa shape index (κ2) is 8.39. The van der Waals surface area contributed by atoms with Crippen LogP contribution < -0.4 is 9.47 Å². The van der Waals surface area contributed by atoms with E-state index in [1.807, 2.05) is 32.0 Å². The zero-order valence-electron chi connectivity index (χ0n) is 14.0. The zero-order chi connectivity index (χ0) is 15.9. The maximum Gasteiger partial charge on any atom is 0.161 e. The van der Waals surface area contributed by atoms with Crippen LogP contribution in [0.3, 0.4) is 0 Å². The van der Waals surface area contributed by atoms with Gasteiger partial charge in [-0.05, 0) is 56.8 Å². The van der Waals surface area contributed by atoms with E-state index >= 15 is 0 Å². The number of aliphatic hydroxyl groups is 1. The Kier molecular flexibility index (Phi) is 6.52. The summed E-state index contributed by atoms with van der Waals surface area (Å²) in [5, 5.41) is 10.5. The minimum absolute atomic E-state index is 0.486. The average molecular weight is 307 g/mol. The molecule has 0 aliphatic carbocycles. The molecular formula is C18H29NO3. The van der Waals surface area contributed by atoms with Gasteiger partial charge in [0.2, 0.25) is 0 Å². The van der Waals surface area contributed by atoms with Gasteiger partial charge in [-0.3, -0.25) is 0 Å². The van der Waals surface area contributed by atoms with Crippen LogP contribution in [-0.4, -0.2) is 42.9 Å². The molecule has 1 fully saturated rings. The number of ether oxygens (including phenoxy) is 2. The van der Waals surface area contributed by atoms with Crippen LogP contribution in [-0.2, 0) is 0 Å². The lowest BCUT2D eigenvalue weighted by molar-refractivity contribution is 0.0873. The van der Waals surface area contributed by atoms with Crippen LogP contribution in [0.2, 0.25) is 0 Å². The normalized spacial score (nSPS) is 20.6. The minimum atomic E-state index is -0.486. The Labute approximate surface area is 134 Å². The fraction of sp³-hybridized carbons (Fsp3) is 0.667. The Hall–Kier alpha value is -1.26. The zero-order valence-corrected chi connectivity index (χ0v) is 14.0. The standard InChI is InChI=1S/C18H29NO3/c1-4-21-17-9-8-15(11-18(17)22-5-2)16(20)13-19-10-6-7-14(3)12-19/h8-9,11,14,16,20H,4-7,10,12-13H2,1-3H3. The van der Waals surface area contributed by atoms with E-state index in [1.54, 1.807) is 0 Å². The predicted octanol–water partition coefficient (Wildman–Crippen LogP) is 3.25. The first-order valence-electron chi connectivity index (χ1n) is 8.44. The third-order valence-electron chi connectivity index (χ3n) is 4.12. The van der Waals surface area contributed by atoms with Gasteiger partial charge >= 0.3 is 0 Å². The minimum Gasteiger partial charge on any atom is -0.490 e. The van der Waals surface area contributed by atoms with Crippen molar-refractivity contribution >= 4 is 0 Å². The molecule has 1 heterocycles. The third kappa shape index (κ3) is 4.62. The van der Waals surface area contributed by atoms with E-state index in [1.165, 1.54) is 12.8 Å². The summed E-state index contributed by atoms with van der Waals surface area (Å²) in [7, 11) is 0. The van der Waals surface area contributed by atoms with E-state index in [0.29, 0.717) is 25.5 Å². The number of hydrogen-bond donors (Lipinski definition) is 1. The van der Waals surface area contributed by atoms with Gasteiger partial charge in [-0.1, -0.05) is 13.0 Å². The molecule has 1 saturated heterocycles. The van der Waals surface area contributed by atoms with E-state index in [4.69, 9.17) is 9.47 Å². The van der Waals surface area contributed by atoms with E-state index in [2.05, 4.69) is 11.8 Å². The first-order valence-corrected chi connectivity index (χ1v) is 8.44. The summed E-state index contributed by atoms with van der Waals surface area (Å²) in [6.07, 6.45) is 2.03. The summed E-state index contributed by atoms with van der Waals surface area (Å²) in [5.74, 6) is 2.18. The van der Waals surface area contributed by atoms with Crippen molar-refractivity contribution in [3.8, 4) is 11.5 Å². The van der Waals surface area contributed by atoms with Gasteiger partial charge < -0.3 is 19.5 Å². The first kappa shape index (κ1) is 17.1. The molecule has 1 aromatic rings. The molecule has 2 atom stereocenters. The van der Waals surface area contributed by atoms with E-state index < -0.39 is 6.10 Å². The number of likely N-dealkylation sites (tertiary alicyclic amines) is 1. The van der Waals surface area contributed by atoms with Crippen molar-refractivity contribution in [1.29, 1.82) is 0 Å². The van der Waals surface area contributed by atoms with E-state index in [-0.39, 0.29) is 0 Å². The lowest BCUT2D eigenvalue weighted by Crippen LogP contribution is -2.37. The van der Waals surface area contributed by atoms with Crippen molar-refractivity contribution in [2.24, 2.45) is 5.92 Å². The third-order valence-corrected chi connectivity index (χ3v) is 4.12. The number of benzene rings is 1. The molecule has 0 amide bonds. The van der Waals surface area contributed by atoms with Crippen molar-refractivity contribution in [2.75, 3.05) is 32.8 Å². The van der Waals surface area contributed by atoms with Gasteiger partial charge in [0.05, 0.1) is 19.3 Å². The van der Waals surface area contributed by atoms with Gasteiger partial charge in [-0.25, -0.2) is 0 Å². The second-order valence-corrected chi connectivity index (χ2v) is 6.09. The summed E-state index contributed by atoms with van der Waals surface area (Å²) >= 11 is 0. The SMILES string of the molecule is CCOc1ccc(C(O)CN2CCCC(C)C2)cc1OCC. The number of aliphatic hydroxyl groups excluding tert-OH is 1. The highest BCUT2D eigenvalue weighted by Gasteiger charge is 2.20. The first-order chi connectivity index (χ1) is 10.6. The molecule has 0 spiro atoms. The van der Waals surface area contributed by atoms with Crippen LogP contribution in [0.4, 0.5) is 0 Å². The van der Waals surface area contributed by atoms with Crippen molar-refractivity contribution in [3.05, 3.63) is 23.8 Å². The maximum atomic E-state index is 10.5. The molecule has 2 unspecified atom stereocenters. The molecule has 0 aromatic heterocycles. The summed E-state index contributed by atoms with van der Waals surface area (Å²) in [6.45, 7) is 10.2. The van der Waals surface area contributed by atoms with Gasteiger partial charge in [0, 0.05) is 13.1 Å². The molecule has 124 valence electrons. The molecule has 1 aliphatic rings. The monoisotopic (exact) mass is 307 g/mol. The highest BCUT2D eigenvalue weighted by atomic mass is 16.5. The van der Waals surface area contributed by atoms with Crippen LogP contribution in [0.5, 0.6) is 11.5 Å². The van der Waals surface area contributed by atoms with Crippen LogP contribution in [0.25, 0.3) is 0 Å². The topological polar surface area (TPSA) is 41.9 Å². The Balaban J connectivity index is 2.05. The Morgan fingerprint density at radius 1 is 1.23 bits per heavy atom. The van der Waals surface area contributed by atoms with Crippen LogP contribution in [0.1, 0.15) is 45.3 Å². The number of nitrogens with zero attached hydrogens (tertiary/aromatic N) is 1. The number of piperidine rings is 1. The van der Waals surface area contributed by atoms with E-state index in [0.717, 1.165) is 30.3 Å². The fourth-order valence-corrected chi connectivity index (χ4v) is 3.08. The molecule has 4 nitrogen and oxygen atoms in total. The fourth-order valence-electron chi connectivity index (χ4n) is 3.08. The largest absolute Gasteiger partial charge is 0.490 e. The highest BCUT2D eigenvalue weighted by molar-refractivity contribution is 5.43. The van der Waals surface area contributed by atoms with Crippen molar-refractivity contribution in [1.82, 2.24) is 4.90 Å². The lowest BCUT2D eigenvalue weighted by atomic mass is 9.99. The van der Waals surface area contributed by atoms with E-state index in [9.17, 15) is 5.11 Å². The molecule has 1 aromatic carbocycles. The Bertz CT molecular complexity index is 464. The molecule has 1 N–H and O–H groups in total.